The van der Waals surface area contributed by atoms with Gasteiger partial charge < -0.3 is 15.0 Å². The minimum Gasteiger partial charge on any atom is -0.488 e. The van der Waals surface area contributed by atoms with Crippen LogP contribution in [0.3, 0.4) is 0 Å². The van der Waals surface area contributed by atoms with Crippen LogP contribution in [0.1, 0.15) is 6.92 Å². The molecule has 0 aliphatic carbocycles. The van der Waals surface area contributed by atoms with E-state index in [9.17, 15) is 4.79 Å². The third-order valence-corrected chi connectivity index (χ3v) is 4.28. The zero-order chi connectivity index (χ0) is 16.7. The summed E-state index contributed by atoms with van der Waals surface area (Å²) < 4.78 is 6.73. The first-order valence-corrected chi connectivity index (χ1v) is 8.42. The zero-order valence-corrected chi connectivity index (χ0v) is 15.0. The lowest BCUT2D eigenvalue weighted by Gasteiger charge is -2.21. The number of hydrogen-bond donors (Lipinski definition) is 2. The number of hydrogen-bond acceptors (Lipinski definition) is 2. The summed E-state index contributed by atoms with van der Waals surface area (Å²) in [4.78, 5) is 13.4. The van der Waals surface area contributed by atoms with E-state index >= 15 is 0 Å². The van der Waals surface area contributed by atoms with Crippen molar-refractivity contribution >= 4 is 27.5 Å². The maximum Gasteiger partial charge on any atom is 0.282 e. The molecule has 122 valence electrons. The predicted molar refractivity (Wildman–Crippen MR) is 95.9 cm³/mol. The monoisotopic (exact) mass is 377 g/mol. The molecular weight excluding hydrogens is 356 g/mol. The molecule has 0 radical (unpaired) electrons. The number of nitrogens with one attached hydrogen (secondary N) is 2. The minimum atomic E-state index is -0.149. The number of carbonyl (C=O) groups is 1. The summed E-state index contributed by atoms with van der Waals surface area (Å²) in [5, 5.41) is 2.93. The molecule has 2 N–H and O–H groups in total. The average Bonchev–Trinajstić information content (AvgIpc) is 2.56. The lowest BCUT2D eigenvalue weighted by atomic mass is 10.2. The van der Waals surface area contributed by atoms with Crippen LogP contribution >= 0.6 is 15.9 Å². The summed E-state index contributed by atoms with van der Waals surface area (Å²) in [6.07, 6.45) is 0. The van der Waals surface area contributed by atoms with Gasteiger partial charge >= 0.3 is 0 Å². The van der Waals surface area contributed by atoms with E-state index in [1.54, 1.807) is 0 Å². The molecule has 2 aromatic rings. The Labute approximate surface area is 145 Å². The van der Waals surface area contributed by atoms with E-state index in [4.69, 9.17) is 4.74 Å². The smallest absolute Gasteiger partial charge is 0.282 e. The van der Waals surface area contributed by atoms with Gasteiger partial charge in [0.05, 0.1) is 7.05 Å². The van der Waals surface area contributed by atoms with E-state index in [-0.39, 0.29) is 11.9 Å². The molecule has 0 spiro atoms. The molecule has 1 amide bonds. The van der Waals surface area contributed by atoms with Crippen LogP contribution in [0.4, 0.5) is 5.69 Å². The highest BCUT2D eigenvalue weighted by Gasteiger charge is 2.21. The Hall–Kier alpha value is -1.85. The number of amides is 1. The molecule has 4 nitrogen and oxygen atoms in total. The molecule has 2 aromatic carbocycles. The molecule has 0 saturated heterocycles. The van der Waals surface area contributed by atoms with Crippen molar-refractivity contribution in [2.75, 3.05) is 25.5 Å². The molecular formula is C18H22BrN2O2+. The van der Waals surface area contributed by atoms with Gasteiger partial charge in [-0.25, -0.2) is 0 Å². The molecule has 0 heterocycles. The third-order valence-electron chi connectivity index (χ3n) is 3.75. The maximum atomic E-state index is 12.2. The SMILES string of the molecule is C[C@@H](C(=O)Nc1ccccc1)[NH+](C)CCOc1ccc(Br)cc1. The number of quaternary nitrogens is 1. The van der Waals surface area contributed by atoms with E-state index in [0.29, 0.717) is 6.61 Å². The van der Waals surface area contributed by atoms with Gasteiger partial charge in [0.1, 0.15) is 18.9 Å². The van der Waals surface area contributed by atoms with Crippen LogP contribution in [0, 0.1) is 0 Å². The van der Waals surface area contributed by atoms with Crippen LogP contribution in [-0.2, 0) is 4.79 Å². The second-order valence-electron chi connectivity index (χ2n) is 5.48. The van der Waals surface area contributed by atoms with E-state index < -0.39 is 0 Å². The highest BCUT2D eigenvalue weighted by Crippen LogP contribution is 2.15. The molecule has 0 aromatic heterocycles. The number of likely N-dealkylation sites (N-methyl/N-ethyl adjacent to an activating group) is 1. The van der Waals surface area contributed by atoms with Gasteiger partial charge in [0.15, 0.2) is 6.04 Å². The Balaban J connectivity index is 1.76. The minimum absolute atomic E-state index is 0.0114. The standard InChI is InChI=1S/C18H21BrN2O2/c1-14(18(22)20-16-6-4-3-5-7-16)21(2)12-13-23-17-10-8-15(19)9-11-17/h3-11,14H,12-13H2,1-2H3,(H,20,22)/p+1/t14-/m0/s1. The van der Waals surface area contributed by atoms with Crippen molar-refractivity contribution in [3.63, 3.8) is 0 Å². The maximum absolute atomic E-state index is 12.2. The van der Waals surface area contributed by atoms with Gasteiger partial charge in [-0.05, 0) is 43.3 Å². The number of carbonyl (C=O) groups excluding carboxylic acids is 1. The molecule has 0 aliphatic heterocycles. The van der Waals surface area contributed by atoms with E-state index in [1.165, 1.54) is 0 Å². The summed E-state index contributed by atoms with van der Waals surface area (Å²) in [6.45, 7) is 3.24. The second-order valence-corrected chi connectivity index (χ2v) is 6.39. The van der Waals surface area contributed by atoms with E-state index in [0.717, 1.165) is 27.4 Å². The molecule has 0 bridgehead atoms. The summed E-state index contributed by atoms with van der Waals surface area (Å²) in [7, 11) is 2.00. The Bertz CT molecular complexity index is 617. The van der Waals surface area contributed by atoms with Crippen LogP contribution in [0.2, 0.25) is 0 Å². The Kier molecular flexibility index (Phi) is 6.62. The molecule has 5 heteroatoms. The van der Waals surface area contributed by atoms with Gasteiger partial charge in [-0.2, -0.15) is 0 Å². The highest BCUT2D eigenvalue weighted by atomic mass is 79.9. The van der Waals surface area contributed by atoms with Crippen molar-refractivity contribution < 1.29 is 14.4 Å². The lowest BCUT2D eigenvalue weighted by Crippen LogP contribution is -3.14. The van der Waals surface area contributed by atoms with Gasteiger partial charge in [-0.1, -0.05) is 34.1 Å². The Morgan fingerprint density at radius 2 is 1.83 bits per heavy atom. The second kappa shape index (κ2) is 8.70. The molecule has 0 fully saturated rings. The number of para-hydroxylation sites is 1. The normalized spacial score (nSPS) is 13.2. The van der Waals surface area contributed by atoms with E-state index in [1.807, 2.05) is 68.6 Å². The van der Waals surface area contributed by atoms with Crippen LogP contribution in [0.25, 0.3) is 0 Å². The van der Waals surface area contributed by atoms with E-state index in [2.05, 4.69) is 21.2 Å². The fourth-order valence-corrected chi connectivity index (χ4v) is 2.34. The molecule has 0 aliphatic rings. The van der Waals surface area contributed by atoms with Crippen molar-refractivity contribution in [1.82, 2.24) is 0 Å². The zero-order valence-electron chi connectivity index (χ0n) is 13.4. The Morgan fingerprint density at radius 1 is 1.17 bits per heavy atom. The number of halogens is 1. The third kappa shape index (κ3) is 5.69. The number of rotatable bonds is 7. The predicted octanol–water partition coefficient (Wildman–Crippen LogP) is 2.37. The van der Waals surface area contributed by atoms with Gasteiger partial charge in [0.2, 0.25) is 0 Å². The van der Waals surface area contributed by atoms with Gasteiger partial charge in [0.25, 0.3) is 5.91 Å². The quantitative estimate of drug-likeness (QED) is 0.777. The largest absolute Gasteiger partial charge is 0.488 e. The molecule has 1 unspecified atom stereocenters. The number of benzene rings is 2. The molecule has 2 atom stereocenters. The van der Waals surface area contributed by atoms with Crippen molar-refractivity contribution in [2.45, 2.75) is 13.0 Å². The summed E-state index contributed by atoms with van der Waals surface area (Å²) in [5.41, 5.74) is 0.822. The van der Waals surface area contributed by atoms with Crippen molar-refractivity contribution in [2.24, 2.45) is 0 Å². The van der Waals surface area contributed by atoms with Gasteiger partial charge in [-0.3, -0.25) is 4.79 Å². The van der Waals surface area contributed by atoms with Gasteiger partial charge in [0, 0.05) is 10.2 Å². The number of ether oxygens (including phenoxy) is 1. The van der Waals surface area contributed by atoms with Crippen molar-refractivity contribution in [3.05, 3.63) is 59.1 Å². The fourth-order valence-electron chi connectivity index (χ4n) is 2.07. The first kappa shape index (κ1) is 17.5. The molecule has 0 saturated carbocycles. The summed E-state index contributed by atoms with van der Waals surface area (Å²) in [5.74, 6) is 0.847. The first-order chi connectivity index (χ1) is 11.1. The lowest BCUT2D eigenvalue weighted by molar-refractivity contribution is -0.894. The molecule has 23 heavy (non-hydrogen) atoms. The highest BCUT2D eigenvalue weighted by molar-refractivity contribution is 9.10. The van der Waals surface area contributed by atoms with Crippen molar-refractivity contribution in [3.8, 4) is 5.75 Å². The topological polar surface area (TPSA) is 42.8 Å². The Morgan fingerprint density at radius 3 is 2.48 bits per heavy atom. The van der Waals surface area contributed by atoms with Crippen LogP contribution < -0.4 is 15.0 Å². The van der Waals surface area contributed by atoms with Crippen molar-refractivity contribution in [1.29, 1.82) is 0 Å². The number of anilines is 1. The van der Waals surface area contributed by atoms with Crippen LogP contribution in [0.5, 0.6) is 5.75 Å². The molecule has 2 rings (SSSR count). The van der Waals surface area contributed by atoms with Crippen LogP contribution in [0.15, 0.2) is 59.1 Å². The van der Waals surface area contributed by atoms with Gasteiger partial charge in [-0.15, -0.1) is 0 Å². The summed E-state index contributed by atoms with van der Waals surface area (Å²) >= 11 is 3.39. The van der Waals surface area contributed by atoms with Crippen LogP contribution in [-0.4, -0.2) is 32.1 Å². The summed E-state index contributed by atoms with van der Waals surface area (Å²) in [6, 6.07) is 17.1. The fraction of sp³-hybridized carbons (Fsp3) is 0.278. The average molecular weight is 378 g/mol. The first-order valence-electron chi connectivity index (χ1n) is 7.63.